The van der Waals surface area contributed by atoms with Crippen molar-refractivity contribution in [2.75, 3.05) is 6.61 Å². The molecule has 0 saturated heterocycles. The molecule has 82 valence electrons. The van der Waals surface area contributed by atoms with Gasteiger partial charge in [-0.3, -0.25) is 4.79 Å². The molecule has 1 rings (SSSR count). The molecule has 0 N–H and O–H groups in total. The maximum atomic E-state index is 11.2. The van der Waals surface area contributed by atoms with E-state index in [0.717, 1.165) is 12.8 Å². The SMILES string of the molecule is CCOC(CCc1ccccc1)C(C)=O. The van der Waals surface area contributed by atoms with Crippen LogP contribution in [0.1, 0.15) is 25.8 Å². The molecular weight excluding hydrogens is 188 g/mol. The minimum atomic E-state index is -0.241. The number of hydrogen-bond acceptors (Lipinski definition) is 2. The highest BCUT2D eigenvalue weighted by Gasteiger charge is 2.13. The third-order valence-electron chi connectivity index (χ3n) is 2.36. The smallest absolute Gasteiger partial charge is 0.158 e. The van der Waals surface area contributed by atoms with Crippen LogP contribution in [0.15, 0.2) is 30.3 Å². The molecule has 2 nitrogen and oxygen atoms in total. The standard InChI is InChI=1S/C13H18O2/c1-3-15-13(11(2)14)10-9-12-7-5-4-6-8-12/h4-8,13H,3,9-10H2,1-2H3. The van der Waals surface area contributed by atoms with Gasteiger partial charge in [0.2, 0.25) is 0 Å². The number of ketones is 1. The van der Waals surface area contributed by atoms with Gasteiger partial charge in [-0.05, 0) is 32.3 Å². The van der Waals surface area contributed by atoms with Crippen LogP contribution in [0.5, 0.6) is 0 Å². The molecule has 0 radical (unpaired) electrons. The molecular formula is C13H18O2. The Morgan fingerprint density at radius 1 is 1.33 bits per heavy atom. The molecule has 0 fully saturated rings. The Labute approximate surface area is 91.3 Å². The first-order chi connectivity index (χ1) is 7.24. The molecule has 1 aromatic carbocycles. The molecule has 0 aromatic heterocycles. The summed E-state index contributed by atoms with van der Waals surface area (Å²) in [5.41, 5.74) is 1.25. The minimum Gasteiger partial charge on any atom is -0.371 e. The number of rotatable bonds is 6. The molecule has 1 unspecified atom stereocenters. The number of Topliss-reactive ketones (excluding diaryl/α,β-unsaturated/α-hetero) is 1. The zero-order chi connectivity index (χ0) is 11.1. The van der Waals surface area contributed by atoms with Crippen molar-refractivity contribution >= 4 is 5.78 Å². The van der Waals surface area contributed by atoms with E-state index in [1.807, 2.05) is 25.1 Å². The molecule has 15 heavy (non-hydrogen) atoms. The van der Waals surface area contributed by atoms with E-state index < -0.39 is 0 Å². The third kappa shape index (κ3) is 4.26. The Bertz CT molecular complexity index is 293. The second-order valence-corrected chi connectivity index (χ2v) is 3.58. The summed E-state index contributed by atoms with van der Waals surface area (Å²) >= 11 is 0. The van der Waals surface area contributed by atoms with Gasteiger partial charge in [0.15, 0.2) is 5.78 Å². The van der Waals surface area contributed by atoms with Crippen LogP contribution in [0.25, 0.3) is 0 Å². The molecule has 0 amide bonds. The van der Waals surface area contributed by atoms with Crippen LogP contribution >= 0.6 is 0 Å². The van der Waals surface area contributed by atoms with Crippen molar-refractivity contribution in [3.05, 3.63) is 35.9 Å². The van der Waals surface area contributed by atoms with Gasteiger partial charge >= 0.3 is 0 Å². The molecule has 0 saturated carbocycles. The van der Waals surface area contributed by atoms with Crippen molar-refractivity contribution in [2.45, 2.75) is 32.8 Å². The van der Waals surface area contributed by atoms with Crippen molar-refractivity contribution in [3.63, 3.8) is 0 Å². The molecule has 0 aliphatic carbocycles. The Balaban J connectivity index is 2.43. The summed E-state index contributed by atoms with van der Waals surface area (Å²) in [6, 6.07) is 10.2. The lowest BCUT2D eigenvalue weighted by Crippen LogP contribution is -2.22. The van der Waals surface area contributed by atoms with Gasteiger partial charge in [-0.1, -0.05) is 30.3 Å². The molecule has 0 bridgehead atoms. The van der Waals surface area contributed by atoms with Crippen molar-refractivity contribution in [1.29, 1.82) is 0 Å². The van der Waals surface area contributed by atoms with E-state index in [0.29, 0.717) is 6.61 Å². The Kier molecular flexibility index (Phi) is 5.05. The Morgan fingerprint density at radius 2 is 2.00 bits per heavy atom. The van der Waals surface area contributed by atoms with E-state index in [4.69, 9.17) is 4.74 Å². The van der Waals surface area contributed by atoms with Crippen molar-refractivity contribution in [1.82, 2.24) is 0 Å². The molecule has 0 aliphatic rings. The Hall–Kier alpha value is -1.15. The molecule has 1 aromatic rings. The summed E-state index contributed by atoms with van der Waals surface area (Å²) < 4.78 is 5.38. The summed E-state index contributed by atoms with van der Waals surface area (Å²) in [4.78, 5) is 11.2. The van der Waals surface area contributed by atoms with Crippen LogP contribution in [-0.4, -0.2) is 18.5 Å². The first-order valence-electron chi connectivity index (χ1n) is 5.40. The lowest BCUT2D eigenvalue weighted by molar-refractivity contribution is -0.128. The summed E-state index contributed by atoms with van der Waals surface area (Å²) in [7, 11) is 0. The maximum Gasteiger partial charge on any atom is 0.158 e. The van der Waals surface area contributed by atoms with Crippen molar-refractivity contribution in [3.8, 4) is 0 Å². The van der Waals surface area contributed by atoms with Gasteiger partial charge in [0.1, 0.15) is 6.10 Å². The maximum absolute atomic E-state index is 11.2. The normalized spacial score (nSPS) is 12.4. The van der Waals surface area contributed by atoms with Gasteiger partial charge in [-0.2, -0.15) is 0 Å². The van der Waals surface area contributed by atoms with Gasteiger partial charge in [0, 0.05) is 6.61 Å². The van der Waals surface area contributed by atoms with Gasteiger partial charge in [0.25, 0.3) is 0 Å². The highest BCUT2D eigenvalue weighted by Crippen LogP contribution is 2.08. The zero-order valence-electron chi connectivity index (χ0n) is 9.40. The molecule has 0 aliphatic heterocycles. The fraction of sp³-hybridized carbons (Fsp3) is 0.462. The van der Waals surface area contributed by atoms with Crippen LogP contribution < -0.4 is 0 Å². The number of carbonyl (C=O) groups is 1. The quantitative estimate of drug-likeness (QED) is 0.715. The number of aryl methyl sites for hydroxylation is 1. The van der Waals surface area contributed by atoms with Crippen LogP contribution in [0, 0.1) is 0 Å². The van der Waals surface area contributed by atoms with E-state index in [1.54, 1.807) is 6.92 Å². The predicted octanol–water partition coefficient (Wildman–Crippen LogP) is 2.61. The molecule has 0 heterocycles. The highest BCUT2D eigenvalue weighted by molar-refractivity contribution is 5.80. The van der Waals surface area contributed by atoms with Gasteiger partial charge in [-0.25, -0.2) is 0 Å². The summed E-state index contributed by atoms with van der Waals surface area (Å²) in [5, 5.41) is 0. The number of ether oxygens (including phenoxy) is 1. The van der Waals surface area contributed by atoms with Gasteiger partial charge < -0.3 is 4.74 Å². The lowest BCUT2D eigenvalue weighted by atomic mass is 10.1. The van der Waals surface area contributed by atoms with Gasteiger partial charge in [-0.15, -0.1) is 0 Å². The summed E-state index contributed by atoms with van der Waals surface area (Å²) in [6.45, 7) is 4.10. The first kappa shape index (κ1) is 11.9. The molecule has 0 spiro atoms. The van der Waals surface area contributed by atoms with Crippen molar-refractivity contribution < 1.29 is 9.53 Å². The van der Waals surface area contributed by atoms with E-state index in [9.17, 15) is 4.79 Å². The molecule has 2 heteroatoms. The van der Waals surface area contributed by atoms with E-state index in [-0.39, 0.29) is 11.9 Å². The zero-order valence-corrected chi connectivity index (χ0v) is 9.40. The summed E-state index contributed by atoms with van der Waals surface area (Å²) in [6.07, 6.45) is 1.42. The monoisotopic (exact) mass is 206 g/mol. The fourth-order valence-corrected chi connectivity index (χ4v) is 1.55. The molecule has 1 atom stereocenters. The number of benzene rings is 1. The second kappa shape index (κ2) is 6.36. The van der Waals surface area contributed by atoms with E-state index in [2.05, 4.69) is 12.1 Å². The highest BCUT2D eigenvalue weighted by atomic mass is 16.5. The average Bonchev–Trinajstić information content (AvgIpc) is 2.25. The largest absolute Gasteiger partial charge is 0.371 e. The van der Waals surface area contributed by atoms with E-state index in [1.165, 1.54) is 5.56 Å². The predicted molar refractivity (Wildman–Crippen MR) is 60.9 cm³/mol. The number of hydrogen-bond donors (Lipinski definition) is 0. The fourth-order valence-electron chi connectivity index (χ4n) is 1.55. The third-order valence-corrected chi connectivity index (χ3v) is 2.36. The second-order valence-electron chi connectivity index (χ2n) is 3.58. The average molecular weight is 206 g/mol. The van der Waals surface area contributed by atoms with Crippen LogP contribution in [0.3, 0.4) is 0 Å². The summed E-state index contributed by atoms with van der Waals surface area (Å²) in [5.74, 6) is 0.118. The Morgan fingerprint density at radius 3 is 2.53 bits per heavy atom. The van der Waals surface area contributed by atoms with Gasteiger partial charge in [0.05, 0.1) is 0 Å². The first-order valence-corrected chi connectivity index (χ1v) is 5.40. The van der Waals surface area contributed by atoms with Crippen molar-refractivity contribution in [2.24, 2.45) is 0 Å². The van der Waals surface area contributed by atoms with Crippen LogP contribution in [0.4, 0.5) is 0 Å². The topological polar surface area (TPSA) is 26.3 Å². The van der Waals surface area contributed by atoms with E-state index >= 15 is 0 Å². The van der Waals surface area contributed by atoms with Crippen LogP contribution in [-0.2, 0) is 16.0 Å². The number of carbonyl (C=O) groups excluding carboxylic acids is 1. The van der Waals surface area contributed by atoms with Crippen LogP contribution in [0.2, 0.25) is 0 Å². The lowest BCUT2D eigenvalue weighted by Gasteiger charge is -2.13. The minimum absolute atomic E-state index is 0.118.